The second-order valence-corrected chi connectivity index (χ2v) is 4.39. The molecule has 0 radical (unpaired) electrons. The fraction of sp³-hybridized carbons (Fsp3) is 0.462. The molecule has 4 heteroatoms. The van der Waals surface area contributed by atoms with Crippen LogP contribution in [-0.4, -0.2) is 43.2 Å². The van der Waals surface area contributed by atoms with Crippen LogP contribution in [0.25, 0.3) is 0 Å². The van der Waals surface area contributed by atoms with Crippen LogP contribution in [0.2, 0.25) is 0 Å². The second kappa shape index (κ2) is 5.68. The lowest BCUT2D eigenvalue weighted by molar-refractivity contribution is 0.0695. The fourth-order valence-electron chi connectivity index (χ4n) is 1.56. The third-order valence-corrected chi connectivity index (χ3v) is 2.55. The molecule has 0 atom stereocenters. The standard InChI is InChI=1S/C13H19NO3/c1-9-7-10(2)12(8-11(9)13(15)16)17-6-5-14(3)4/h7-8H,5-6H2,1-4H3,(H,15,16). The molecule has 0 fully saturated rings. The van der Waals surface area contributed by atoms with Crippen LogP contribution in [0.4, 0.5) is 0 Å². The number of aryl methyl sites for hydroxylation is 2. The summed E-state index contributed by atoms with van der Waals surface area (Å²) < 4.78 is 5.59. The van der Waals surface area contributed by atoms with Crippen molar-refractivity contribution in [2.45, 2.75) is 13.8 Å². The molecule has 1 N–H and O–H groups in total. The molecular weight excluding hydrogens is 218 g/mol. The molecule has 0 aliphatic rings. The van der Waals surface area contributed by atoms with Crippen LogP contribution in [0, 0.1) is 13.8 Å². The molecule has 0 bridgehead atoms. The molecule has 0 aliphatic carbocycles. The number of aromatic carboxylic acids is 1. The summed E-state index contributed by atoms with van der Waals surface area (Å²) in [5, 5.41) is 9.03. The van der Waals surface area contributed by atoms with E-state index in [1.54, 1.807) is 13.0 Å². The van der Waals surface area contributed by atoms with Crippen LogP contribution in [0.15, 0.2) is 12.1 Å². The van der Waals surface area contributed by atoms with Crippen LogP contribution in [0.1, 0.15) is 21.5 Å². The number of rotatable bonds is 5. The molecule has 0 saturated heterocycles. The normalized spacial score (nSPS) is 10.6. The largest absolute Gasteiger partial charge is 0.492 e. The number of ether oxygens (including phenoxy) is 1. The van der Waals surface area contributed by atoms with Gasteiger partial charge in [-0.1, -0.05) is 6.07 Å². The maximum atomic E-state index is 11.0. The molecule has 0 spiro atoms. The summed E-state index contributed by atoms with van der Waals surface area (Å²) in [4.78, 5) is 13.0. The van der Waals surface area contributed by atoms with Crippen molar-refractivity contribution in [2.24, 2.45) is 0 Å². The number of nitrogens with zero attached hydrogens (tertiary/aromatic N) is 1. The van der Waals surface area contributed by atoms with Gasteiger partial charge in [-0.3, -0.25) is 0 Å². The molecule has 1 aromatic rings. The Morgan fingerprint density at radius 2 is 1.94 bits per heavy atom. The summed E-state index contributed by atoms with van der Waals surface area (Å²) in [6.45, 7) is 5.06. The quantitative estimate of drug-likeness (QED) is 0.850. The summed E-state index contributed by atoms with van der Waals surface area (Å²) in [6, 6.07) is 3.44. The van der Waals surface area contributed by atoms with E-state index < -0.39 is 5.97 Å². The maximum absolute atomic E-state index is 11.0. The average Bonchev–Trinajstić information content (AvgIpc) is 2.20. The molecular formula is C13H19NO3. The first-order valence-electron chi connectivity index (χ1n) is 5.54. The van der Waals surface area contributed by atoms with Crippen molar-refractivity contribution < 1.29 is 14.6 Å². The van der Waals surface area contributed by atoms with Crippen molar-refractivity contribution >= 4 is 5.97 Å². The Labute approximate surface area is 102 Å². The van der Waals surface area contributed by atoms with Crippen molar-refractivity contribution in [3.63, 3.8) is 0 Å². The minimum absolute atomic E-state index is 0.301. The van der Waals surface area contributed by atoms with Gasteiger partial charge in [0.15, 0.2) is 0 Å². The fourth-order valence-corrected chi connectivity index (χ4v) is 1.56. The SMILES string of the molecule is Cc1cc(C)c(C(=O)O)cc1OCCN(C)C. The summed E-state index contributed by atoms with van der Waals surface area (Å²) >= 11 is 0. The van der Waals surface area contributed by atoms with E-state index >= 15 is 0 Å². The highest BCUT2D eigenvalue weighted by atomic mass is 16.5. The van der Waals surface area contributed by atoms with Crippen molar-refractivity contribution in [1.29, 1.82) is 0 Å². The number of hydrogen-bond donors (Lipinski definition) is 1. The zero-order valence-corrected chi connectivity index (χ0v) is 10.8. The Bertz CT molecular complexity index is 413. The molecule has 1 rings (SSSR count). The van der Waals surface area contributed by atoms with Gasteiger partial charge in [-0.05, 0) is 45.1 Å². The number of carbonyl (C=O) groups is 1. The summed E-state index contributed by atoms with van der Waals surface area (Å²) in [6.07, 6.45) is 0. The Balaban J connectivity index is 2.84. The van der Waals surface area contributed by atoms with E-state index in [1.165, 1.54) is 0 Å². The molecule has 0 unspecified atom stereocenters. The topological polar surface area (TPSA) is 49.8 Å². The Morgan fingerprint density at radius 3 is 2.47 bits per heavy atom. The van der Waals surface area contributed by atoms with Gasteiger partial charge in [0.25, 0.3) is 0 Å². The summed E-state index contributed by atoms with van der Waals surface area (Å²) in [7, 11) is 3.93. The second-order valence-electron chi connectivity index (χ2n) is 4.39. The molecule has 4 nitrogen and oxygen atoms in total. The zero-order chi connectivity index (χ0) is 13.0. The highest BCUT2D eigenvalue weighted by Crippen LogP contribution is 2.22. The van der Waals surface area contributed by atoms with Gasteiger partial charge in [-0.25, -0.2) is 4.79 Å². The zero-order valence-electron chi connectivity index (χ0n) is 10.8. The minimum atomic E-state index is -0.917. The van der Waals surface area contributed by atoms with E-state index in [0.717, 1.165) is 17.7 Å². The lowest BCUT2D eigenvalue weighted by Gasteiger charge is -2.14. The number of carboxylic acids is 1. The van der Waals surface area contributed by atoms with Gasteiger partial charge < -0.3 is 14.7 Å². The smallest absolute Gasteiger partial charge is 0.336 e. The van der Waals surface area contributed by atoms with Gasteiger partial charge in [0.05, 0.1) is 5.56 Å². The van der Waals surface area contributed by atoms with Gasteiger partial charge in [0, 0.05) is 6.54 Å². The van der Waals surface area contributed by atoms with E-state index in [2.05, 4.69) is 0 Å². The Morgan fingerprint density at radius 1 is 1.29 bits per heavy atom. The van der Waals surface area contributed by atoms with Crippen molar-refractivity contribution in [3.8, 4) is 5.75 Å². The van der Waals surface area contributed by atoms with Crippen LogP contribution in [0.5, 0.6) is 5.75 Å². The van der Waals surface area contributed by atoms with Gasteiger partial charge in [0.2, 0.25) is 0 Å². The molecule has 1 aromatic carbocycles. The van der Waals surface area contributed by atoms with Gasteiger partial charge in [0.1, 0.15) is 12.4 Å². The third kappa shape index (κ3) is 3.75. The summed E-state index contributed by atoms with van der Waals surface area (Å²) in [5.74, 6) is -0.269. The van der Waals surface area contributed by atoms with E-state index in [4.69, 9.17) is 9.84 Å². The molecule has 0 aromatic heterocycles. The van der Waals surface area contributed by atoms with Crippen LogP contribution in [-0.2, 0) is 0 Å². The first-order valence-corrected chi connectivity index (χ1v) is 5.54. The first-order chi connectivity index (χ1) is 7.91. The van der Waals surface area contributed by atoms with Crippen molar-refractivity contribution in [3.05, 3.63) is 28.8 Å². The average molecular weight is 237 g/mol. The lowest BCUT2D eigenvalue weighted by atomic mass is 10.0. The summed E-state index contributed by atoms with van der Waals surface area (Å²) in [5.41, 5.74) is 2.02. The monoisotopic (exact) mass is 237 g/mol. The van der Waals surface area contributed by atoms with E-state index in [0.29, 0.717) is 17.9 Å². The molecule has 0 aliphatic heterocycles. The Hall–Kier alpha value is -1.55. The van der Waals surface area contributed by atoms with Crippen molar-refractivity contribution in [1.82, 2.24) is 4.90 Å². The van der Waals surface area contributed by atoms with Gasteiger partial charge >= 0.3 is 5.97 Å². The Kier molecular flexibility index (Phi) is 4.52. The van der Waals surface area contributed by atoms with Gasteiger partial charge in [-0.2, -0.15) is 0 Å². The number of carboxylic acid groups (broad SMARTS) is 1. The van der Waals surface area contributed by atoms with E-state index in [9.17, 15) is 4.79 Å². The van der Waals surface area contributed by atoms with Crippen LogP contribution < -0.4 is 4.74 Å². The van der Waals surface area contributed by atoms with Crippen LogP contribution >= 0.6 is 0 Å². The first kappa shape index (κ1) is 13.5. The van der Waals surface area contributed by atoms with Gasteiger partial charge in [-0.15, -0.1) is 0 Å². The van der Waals surface area contributed by atoms with E-state index in [-0.39, 0.29) is 0 Å². The molecule has 94 valence electrons. The highest BCUT2D eigenvalue weighted by molar-refractivity contribution is 5.90. The molecule has 0 saturated carbocycles. The number of benzene rings is 1. The highest BCUT2D eigenvalue weighted by Gasteiger charge is 2.11. The predicted molar refractivity (Wildman–Crippen MR) is 66.9 cm³/mol. The molecule has 0 amide bonds. The number of likely N-dealkylation sites (N-methyl/N-ethyl adjacent to an activating group) is 1. The molecule has 0 heterocycles. The minimum Gasteiger partial charge on any atom is -0.492 e. The number of hydrogen-bond acceptors (Lipinski definition) is 3. The lowest BCUT2D eigenvalue weighted by Crippen LogP contribution is -2.19. The molecule has 17 heavy (non-hydrogen) atoms. The van der Waals surface area contributed by atoms with Crippen LogP contribution in [0.3, 0.4) is 0 Å². The maximum Gasteiger partial charge on any atom is 0.336 e. The predicted octanol–water partition coefficient (Wildman–Crippen LogP) is 1.94. The van der Waals surface area contributed by atoms with E-state index in [1.807, 2.05) is 32.0 Å². The third-order valence-electron chi connectivity index (χ3n) is 2.55. The van der Waals surface area contributed by atoms with Crippen molar-refractivity contribution in [2.75, 3.05) is 27.2 Å².